The zero-order chi connectivity index (χ0) is 19.2. The summed E-state index contributed by atoms with van der Waals surface area (Å²) in [6.07, 6.45) is 12.4. The molecule has 5 heteroatoms. The van der Waals surface area contributed by atoms with Crippen molar-refractivity contribution in [3.05, 3.63) is 54.4 Å². The van der Waals surface area contributed by atoms with Crippen molar-refractivity contribution in [3.8, 4) is 0 Å². The van der Waals surface area contributed by atoms with E-state index < -0.39 is 0 Å². The minimum absolute atomic E-state index is 0.150. The Kier molecular flexibility index (Phi) is 6.20. The molecule has 1 saturated carbocycles. The average Bonchev–Trinajstić information content (AvgIpc) is 2.76. The maximum absolute atomic E-state index is 13.2. The molecule has 4 rings (SSSR count). The summed E-state index contributed by atoms with van der Waals surface area (Å²) in [5.74, 6) is 1.33. The molecule has 2 aromatic rings. The Hall–Kier alpha value is -2.43. The van der Waals surface area contributed by atoms with Crippen LogP contribution in [0.15, 0.2) is 48.8 Å². The Morgan fingerprint density at radius 1 is 1.00 bits per heavy atom. The molecular formula is C23H30N4O. The van der Waals surface area contributed by atoms with Crippen molar-refractivity contribution in [2.24, 2.45) is 5.92 Å². The predicted octanol–water partition coefficient (Wildman–Crippen LogP) is 3.75. The highest BCUT2D eigenvalue weighted by Crippen LogP contribution is 2.29. The van der Waals surface area contributed by atoms with Crippen LogP contribution in [0.4, 0.5) is 5.95 Å². The summed E-state index contributed by atoms with van der Waals surface area (Å²) in [6, 6.07) is 12.6. The van der Waals surface area contributed by atoms with Crippen LogP contribution in [-0.4, -0.2) is 34.5 Å². The van der Waals surface area contributed by atoms with E-state index in [2.05, 4.69) is 50.5 Å². The number of nitrogens with one attached hydrogen (secondary N) is 1. The van der Waals surface area contributed by atoms with Gasteiger partial charge >= 0.3 is 0 Å². The lowest BCUT2D eigenvalue weighted by Crippen LogP contribution is -2.54. The number of anilines is 1. The molecule has 1 saturated heterocycles. The molecule has 0 spiro atoms. The van der Waals surface area contributed by atoms with E-state index >= 15 is 0 Å². The zero-order valence-electron chi connectivity index (χ0n) is 16.5. The van der Waals surface area contributed by atoms with Gasteiger partial charge in [0.15, 0.2) is 0 Å². The third-order valence-electron chi connectivity index (χ3n) is 6.14. The Bertz CT molecular complexity index is 746. The van der Waals surface area contributed by atoms with Gasteiger partial charge in [-0.1, -0.05) is 49.6 Å². The van der Waals surface area contributed by atoms with E-state index in [1.54, 1.807) is 12.4 Å². The molecule has 1 amide bonds. The standard InChI is InChI=1S/C23H30N4O/c28-22(26-20-10-5-2-6-11-20)21-17-19(16-18-8-3-1-4-9-18)12-15-27(21)23-24-13-7-14-25-23/h1,3-4,7-9,13-14,19-21H,2,5-6,10-12,15-17H2,(H,26,28). The SMILES string of the molecule is O=C(NC1CCCCC1)C1CC(Cc2ccccc2)CCN1c1ncccn1. The zero-order valence-corrected chi connectivity index (χ0v) is 16.5. The summed E-state index contributed by atoms with van der Waals surface area (Å²) in [4.78, 5) is 24.2. The highest BCUT2D eigenvalue weighted by molar-refractivity contribution is 5.85. The number of carbonyl (C=O) groups excluding carboxylic acids is 1. The van der Waals surface area contributed by atoms with Crippen molar-refractivity contribution in [1.29, 1.82) is 0 Å². The van der Waals surface area contributed by atoms with Crippen LogP contribution in [0.2, 0.25) is 0 Å². The van der Waals surface area contributed by atoms with E-state index in [1.165, 1.54) is 24.8 Å². The lowest BCUT2D eigenvalue weighted by atomic mass is 9.85. The molecule has 2 heterocycles. The summed E-state index contributed by atoms with van der Waals surface area (Å²) >= 11 is 0. The van der Waals surface area contributed by atoms with Gasteiger partial charge in [-0.25, -0.2) is 9.97 Å². The number of hydrogen-bond donors (Lipinski definition) is 1. The smallest absolute Gasteiger partial charge is 0.243 e. The van der Waals surface area contributed by atoms with Crippen molar-refractivity contribution in [3.63, 3.8) is 0 Å². The molecule has 1 aliphatic heterocycles. The molecule has 148 valence electrons. The molecule has 28 heavy (non-hydrogen) atoms. The van der Waals surface area contributed by atoms with Crippen LogP contribution in [-0.2, 0) is 11.2 Å². The highest BCUT2D eigenvalue weighted by Gasteiger charge is 2.35. The summed E-state index contributed by atoms with van der Waals surface area (Å²) in [7, 11) is 0. The first-order chi connectivity index (χ1) is 13.8. The monoisotopic (exact) mass is 378 g/mol. The van der Waals surface area contributed by atoms with Crippen LogP contribution in [0.1, 0.15) is 50.5 Å². The number of amides is 1. The van der Waals surface area contributed by atoms with E-state index in [0.29, 0.717) is 17.9 Å². The topological polar surface area (TPSA) is 58.1 Å². The van der Waals surface area contributed by atoms with E-state index in [4.69, 9.17) is 0 Å². The molecule has 0 radical (unpaired) electrons. The van der Waals surface area contributed by atoms with E-state index in [0.717, 1.165) is 38.6 Å². The molecule has 5 nitrogen and oxygen atoms in total. The van der Waals surface area contributed by atoms with Crippen LogP contribution >= 0.6 is 0 Å². The van der Waals surface area contributed by atoms with Gasteiger partial charge in [-0.15, -0.1) is 0 Å². The van der Waals surface area contributed by atoms with Gasteiger partial charge in [0.2, 0.25) is 11.9 Å². The normalized spacial score (nSPS) is 23.4. The van der Waals surface area contributed by atoms with Crippen molar-refractivity contribution in [1.82, 2.24) is 15.3 Å². The minimum atomic E-state index is -0.188. The fourth-order valence-electron chi connectivity index (χ4n) is 4.64. The number of piperidine rings is 1. The minimum Gasteiger partial charge on any atom is -0.352 e. The molecule has 2 unspecified atom stereocenters. The lowest BCUT2D eigenvalue weighted by Gasteiger charge is -2.39. The first-order valence-electron chi connectivity index (χ1n) is 10.7. The Morgan fingerprint density at radius 3 is 2.50 bits per heavy atom. The summed E-state index contributed by atoms with van der Waals surface area (Å²) < 4.78 is 0. The van der Waals surface area contributed by atoms with E-state index in [-0.39, 0.29) is 11.9 Å². The van der Waals surface area contributed by atoms with Gasteiger partial charge in [0.25, 0.3) is 0 Å². The Balaban J connectivity index is 1.48. The number of carbonyl (C=O) groups is 1. The van der Waals surface area contributed by atoms with Crippen LogP contribution in [0.3, 0.4) is 0 Å². The first-order valence-corrected chi connectivity index (χ1v) is 10.7. The quantitative estimate of drug-likeness (QED) is 0.861. The van der Waals surface area contributed by atoms with Crippen LogP contribution in [0.5, 0.6) is 0 Å². The molecule has 1 N–H and O–H groups in total. The molecule has 2 fully saturated rings. The third kappa shape index (κ3) is 4.70. The Morgan fingerprint density at radius 2 is 1.75 bits per heavy atom. The maximum Gasteiger partial charge on any atom is 0.243 e. The molecule has 1 aromatic carbocycles. The number of nitrogens with zero attached hydrogens (tertiary/aromatic N) is 3. The number of hydrogen-bond acceptors (Lipinski definition) is 4. The van der Waals surface area contributed by atoms with Gasteiger partial charge in [-0.3, -0.25) is 4.79 Å². The summed E-state index contributed by atoms with van der Waals surface area (Å²) in [5, 5.41) is 3.34. The third-order valence-corrected chi connectivity index (χ3v) is 6.14. The molecule has 2 atom stereocenters. The molecular weight excluding hydrogens is 348 g/mol. The Labute approximate surface area is 167 Å². The first kappa shape index (κ1) is 18.9. The summed E-state index contributed by atoms with van der Waals surface area (Å²) in [6.45, 7) is 0.824. The van der Waals surface area contributed by atoms with Gasteiger partial charge in [0, 0.05) is 25.0 Å². The second kappa shape index (κ2) is 9.18. The van der Waals surface area contributed by atoms with Crippen LogP contribution < -0.4 is 10.2 Å². The molecule has 0 bridgehead atoms. The highest BCUT2D eigenvalue weighted by atomic mass is 16.2. The van der Waals surface area contributed by atoms with Gasteiger partial charge in [0.1, 0.15) is 6.04 Å². The van der Waals surface area contributed by atoms with Crippen LogP contribution in [0, 0.1) is 5.92 Å². The predicted molar refractivity (Wildman–Crippen MR) is 111 cm³/mol. The van der Waals surface area contributed by atoms with Crippen molar-refractivity contribution in [2.75, 3.05) is 11.4 Å². The van der Waals surface area contributed by atoms with Gasteiger partial charge in [-0.2, -0.15) is 0 Å². The second-order valence-corrected chi connectivity index (χ2v) is 8.18. The number of rotatable bonds is 5. The van der Waals surface area contributed by atoms with Crippen LogP contribution in [0.25, 0.3) is 0 Å². The van der Waals surface area contributed by atoms with Crippen molar-refractivity contribution < 1.29 is 4.79 Å². The van der Waals surface area contributed by atoms with E-state index in [9.17, 15) is 4.79 Å². The van der Waals surface area contributed by atoms with Crippen molar-refractivity contribution in [2.45, 2.75) is 63.5 Å². The molecule has 2 aliphatic rings. The van der Waals surface area contributed by atoms with Crippen molar-refractivity contribution >= 4 is 11.9 Å². The van der Waals surface area contributed by atoms with Gasteiger partial charge < -0.3 is 10.2 Å². The van der Waals surface area contributed by atoms with Gasteiger partial charge in [0.05, 0.1) is 0 Å². The van der Waals surface area contributed by atoms with Gasteiger partial charge in [-0.05, 0) is 49.7 Å². The molecule has 1 aliphatic carbocycles. The fourth-order valence-corrected chi connectivity index (χ4v) is 4.64. The maximum atomic E-state index is 13.2. The number of benzene rings is 1. The summed E-state index contributed by atoms with van der Waals surface area (Å²) in [5.41, 5.74) is 1.35. The lowest BCUT2D eigenvalue weighted by molar-refractivity contribution is -0.124. The van der Waals surface area contributed by atoms with E-state index in [1.807, 2.05) is 6.07 Å². The molecule has 1 aromatic heterocycles. The average molecular weight is 379 g/mol. The largest absolute Gasteiger partial charge is 0.352 e. The second-order valence-electron chi connectivity index (χ2n) is 8.18. The number of aromatic nitrogens is 2. The fraction of sp³-hybridized carbons (Fsp3) is 0.522.